The molecule has 8 heteroatoms. The molecule has 0 spiro atoms. The number of hydrogen-bond donors (Lipinski definition) is 2. The zero-order valence-electron chi connectivity index (χ0n) is 15.0. The van der Waals surface area contributed by atoms with Crippen molar-refractivity contribution in [2.24, 2.45) is 0 Å². The average molecular weight is 360 g/mol. The number of nitrogens with zero attached hydrogens (tertiary/aromatic N) is 1. The number of benzene rings is 1. The second kappa shape index (κ2) is 8.19. The number of ether oxygens (including phenoxy) is 3. The topological polar surface area (TPSA) is 107 Å². The molecule has 8 nitrogen and oxygen atoms in total. The van der Waals surface area contributed by atoms with Gasteiger partial charge in [0.2, 0.25) is 0 Å². The van der Waals surface area contributed by atoms with Crippen molar-refractivity contribution in [3.63, 3.8) is 0 Å². The van der Waals surface area contributed by atoms with Gasteiger partial charge in [-0.25, -0.2) is 9.78 Å². The number of carboxylic acids is 1. The lowest BCUT2D eigenvalue weighted by atomic mass is 10.1. The van der Waals surface area contributed by atoms with Gasteiger partial charge in [0.15, 0.2) is 11.5 Å². The molecule has 0 unspecified atom stereocenters. The van der Waals surface area contributed by atoms with Crippen LogP contribution >= 0.6 is 0 Å². The summed E-state index contributed by atoms with van der Waals surface area (Å²) in [6.45, 7) is 1.71. The van der Waals surface area contributed by atoms with Gasteiger partial charge in [0.1, 0.15) is 11.4 Å². The molecule has 2 N–H and O–H groups in total. The summed E-state index contributed by atoms with van der Waals surface area (Å²) < 4.78 is 15.8. The molecule has 2 aromatic rings. The number of aryl methyl sites for hydroxylation is 1. The molecular formula is C18H20N2O6. The van der Waals surface area contributed by atoms with E-state index in [0.29, 0.717) is 22.8 Å². The molecule has 1 aromatic carbocycles. The summed E-state index contributed by atoms with van der Waals surface area (Å²) in [6, 6.07) is 6.11. The van der Waals surface area contributed by atoms with Crippen molar-refractivity contribution >= 4 is 11.9 Å². The lowest BCUT2D eigenvalue weighted by Gasteiger charge is -2.14. The van der Waals surface area contributed by atoms with Crippen LogP contribution in [0.5, 0.6) is 17.2 Å². The molecule has 1 heterocycles. The molecule has 1 aromatic heterocycles. The van der Waals surface area contributed by atoms with E-state index in [2.05, 4.69) is 10.3 Å². The van der Waals surface area contributed by atoms with Crippen molar-refractivity contribution in [1.29, 1.82) is 0 Å². The third-order valence-electron chi connectivity index (χ3n) is 3.77. The number of carboxylic acid groups (broad SMARTS) is 1. The number of hydrogen-bond acceptors (Lipinski definition) is 6. The van der Waals surface area contributed by atoms with E-state index < -0.39 is 11.9 Å². The van der Waals surface area contributed by atoms with Gasteiger partial charge < -0.3 is 24.6 Å². The third kappa shape index (κ3) is 4.02. The largest absolute Gasteiger partial charge is 0.496 e. The maximum Gasteiger partial charge on any atom is 0.337 e. The highest BCUT2D eigenvalue weighted by molar-refractivity contribution is 5.94. The normalized spacial score (nSPS) is 10.2. The monoisotopic (exact) mass is 360 g/mol. The zero-order chi connectivity index (χ0) is 19.3. The number of aromatic carboxylic acids is 1. The van der Waals surface area contributed by atoms with Gasteiger partial charge in [-0.1, -0.05) is 0 Å². The van der Waals surface area contributed by atoms with Crippen LogP contribution in [0.25, 0.3) is 0 Å². The van der Waals surface area contributed by atoms with Gasteiger partial charge in [0, 0.05) is 18.2 Å². The quantitative estimate of drug-likeness (QED) is 0.778. The van der Waals surface area contributed by atoms with Crippen LogP contribution in [0.4, 0.5) is 0 Å². The summed E-state index contributed by atoms with van der Waals surface area (Å²) in [5.74, 6) is 0.0468. The Balaban J connectivity index is 2.19. The van der Waals surface area contributed by atoms with Crippen molar-refractivity contribution in [2.45, 2.75) is 13.5 Å². The lowest BCUT2D eigenvalue weighted by molar-refractivity contribution is 0.0694. The van der Waals surface area contributed by atoms with Gasteiger partial charge in [-0.3, -0.25) is 4.79 Å². The molecule has 26 heavy (non-hydrogen) atoms. The van der Waals surface area contributed by atoms with Crippen LogP contribution in [0.1, 0.15) is 32.1 Å². The Bertz CT molecular complexity index is 835. The Hall–Kier alpha value is -3.29. The molecule has 0 aliphatic heterocycles. The SMILES string of the molecule is COc1cc(OC)c(OC)cc1CNC(=O)c1ccc(C(=O)O)c(C)n1. The molecule has 0 saturated heterocycles. The molecule has 0 radical (unpaired) electrons. The minimum Gasteiger partial charge on any atom is -0.496 e. The molecule has 0 fully saturated rings. The lowest BCUT2D eigenvalue weighted by Crippen LogP contribution is -2.24. The van der Waals surface area contributed by atoms with Gasteiger partial charge in [-0.05, 0) is 25.1 Å². The standard InChI is InChI=1S/C18H20N2O6/c1-10-12(18(22)23)5-6-13(20-10)17(21)19-9-11-7-15(25-3)16(26-4)8-14(11)24-2/h5-8H,9H2,1-4H3,(H,19,21)(H,22,23). The Labute approximate surface area is 150 Å². The smallest absolute Gasteiger partial charge is 0.337 e. The first kappa shape index (κ1) is 19.0. The number of carbonyl (C=O) groups is 2. The predicted octanol–water partition coefficient (Wildman–Crippen LogP) is 2.04. The second-order valence-electron chi connectivity index (χ2n) is 5.34. The zero-order valence-corrected chi connectivity index (χ0v) is 15.0. The van der Waals surface area contributed by atoms with Crippen molar-refractivity contribution < 1.29 is 28.9 Å². The molecular weight excluding hydrogens is 340 g/mol. The van der Waals surface area contributed by atoms with Crippen LogP contribution in [0, 0.1) is 6.92 Å². The van der Waals surface area contributed by atoms with Gasteiger partial charge in [-0.15, -0.1) is 0 Å². The number of rotatable bonds is 7. The van der Waals surface area contributed by atoms with Crippen molar-refractivity contribution in [3.05, 3.63) is 46.8 Å². The summed E-state index contributed by atoms with van der Waals surface area (Å²) in [4.78, 5) is 27.4. The van der Waals surface area contributed by atoms with Gasteiger partial charge in [0.25, 0.3) is 5.91 Å². The Kier molecular flexibility index (Phi) is 6.00. The second-order valence-corrected chi connectivity index (χ2v) is 5.34. The van der Waals surface area contributed by atoms with E-state index in [9.17, 15) is 9.59 Å². The number of aromatic nitrogens is 1. The third-order valence-corrected chi connectivity index (χ3v) is 3.77. The summed E-state index contributed by atoms with van der Waals surface area (Å²) in [6.07, 6.45) is 0. The van der Waals surface area contributed by atoms with Crippen molar-refractivity contribution in [1.82, 2.24) is 10.3 Å². The van der Waals surface area contributed by atoms with E-state index in [-0.39, 0.29) is 23.5 Å². The Morgan fingerprint density at radius 2 is 1.65 bits per heavy atom. The fourth-order valence-electron chi connectivity index (χ4n) is 2.41. The first-order chi connectivity index (χ1) is 12.4. The van der Waals surface area contributed by atoms with Crippen LogP contribution in [0.3, 0.4) is 0 Å². The van der Waals surface area contributed by atoms with Crippen molar-refractivity contribution in [2.75, 3.05) is 21.3 Å². The van der Waals surface area contributed by atoms with Crippen LogP contribution in [-0.4, -0.2) is 43.3 Å². The number of amides is 1. The van der Waals surface area contributed by atoms with E-state index in [1.165, 1.54) is 40.4 Å². The average Bonchev–Trinajstić information content (AvgIpc) is 2.64. The van der Waals surface area contributed by atoms with Crippen LogP contribution in [0.15, 0.2) is 24.3 Å². The molecule has 1 amide bonds. The first-order valence-corrected chi connectivity index (χ1v) is 7.69. The molecule has 2 rings (SSSR count). The van der Waals surface area contributed by atoms with Crippen molar-refractivity contribution in [3.8, 4) is 17.2 Å². The fraction of sp³-hybridized carbons (Fsp3) is 0.278. The summed E-state index contributed by atoms with van der Waals surface area (Å²) in [5.41, 5.74) is 1.15. The highest BCUT2D eigenvalue weighted by Gasteiger charge is 2.15. The number of nitrogens with one attached hydrogen (secondary N) is 1. The van der Waals surface area contributed by atoms with Crippen LogP contribution < -0.4 is 19.5 Å². The summed E-state index contributed by atoms with van der Waals surface area (Å²) >= 11 is 0. The minimum absolute atomic E-state index is 0.0584. The Morgan fingerprint density at radius 1 is 1.04 bits per heavy atom. The summed E-state index contributed by atoms with van der Waals surface area (Å²) in [7, 11) is 4.55. The van der Waals surface area contributed by atoms with E-state index in [1.807, 2.05) is 0 Å². The highest BCUT2D eigenvalue weighted by Crippen LogP contribution is 2.34. The predicted molar refractivity (Wildman–Crippen MR) is 93.2 cm³/mol. The van der Waals surface area contributed by atoms with Gasteiger partial charge in [-0.2, -0.15) is 0 Å². The molecule has 0 atom stereocenters. The molecule has 0 aliphatic rings. The molecule has 0 bridgehead atoms. The molecule has 138 valence electrons. The number of carbonyl (C=O) groups excluding carboxylic acids is 1. The van der Waals surface area contributed by atoms with E-state index in [1.54, 1.807) is 12.1 Å². The number of methoxy groups -OCH3 is 3. The molecule has 0 saturated carbocycles. The highest BCUT2D eigenvalue weighted by atomic mass is 16.5. The summed E-state index contributed by atoms with van der Waals surface area (Å²) in [5, 5.41) is 11.7. The van der Waals surface area contributed by atoms with E-state index in [0.717, 1.165) is 0 Å². The Morgan fingerprint density at radius 3 is 2.19 bits per heavy atom. The van der Waals surface area contributed by atoms with E-state index in [4.69, 9.17) is 19.3 Å². The van der Waals surface area contributed by atoms with Crippen LogP contribution in [-0.2, 0) is 6.54 Å². The molecule has 0 aliphatic carbocycles. The maximum absolute atomic E-state index is 12.3. The van der Waals surface area contributed by atoms with Crippen LogP contribution in [0.2, 0.25) is 0 Å². The van der Waals surface area contributed by atoms with Gasteiger partial charge >= 0.3 is 5.97 Å². The fourth-order valence-corrected chi connectivity index (χ4v) is 2.41. The maximum atomic E-state index is 12.3. The number of pyridine rings is 1. The van der Waals surface area contributed by atoms with E-state index >= 15 is 0 Å². The first-order valence-electron chi connectivity index (χ1n) is 7.69. The minimum atomic E-state index is -1.09. The van der Waals surface area contributed by atoms with Gasteiger partial charge in [0.05, 0.1) is 32.6 Å².